The monoisotopic (exact) mass is 438 g/mol. The highest BCUT2D eigenvalue weighted by atomic mass is 32.2. The fourth-order valence-electron chi connectivity index (χ4n) is 3.04. The van der Waals surface area contributed by atoms with Crippen LogP contribution in [0.2, 0.25) is 0 Å². The van der Waals surface area contributed by atoms with Crippen molar-refractivity contribution < 1.29 is 13.9 Å². The number of hydrogen-bond donors (Lipinski definition) is 0. The Labute approximate surface area is 187 Å². The van der Waals surface area contributed by atoms with Gasteiger partial charge in [-0.05, 0) is 65.4 Å². The van der Waals surface area contributed by atoms with E-state index in [-0.39, 0.29) is 5.82 Å². The maximum atomic E-state index is 13.3. The molecule has 3 rings (SSSR count). The van der Waals surface area contributed by atoms with Gasteiger partial charge in [-0.2, -0.15) is 0 Å². The average molecular weight is 439 g/mol. The molecule has 4 nitrogen and oxygen atoms in total. The van der Waals surface area contributed by atoms with E-state index in [1.165, 1.54) is 12.1 Å². The molecule has 0 amide bonds. The van der Waals surface area contributed by atoms with Crippen LogP contribution in [0.5, 0.6) is 11.5 Å². The molecule has 0 aliphatic heterocycles. The first-order valence-electron chi connectivity index (χ1n) is 10.1. The number of thioether (sulfide) groups is 1. The normalized spacial score (nSPS) is 11.3. The van der Waals surface area contributed by atoms with Crippen molar-refractivity contribution in [2.24, 2.45) is 4.99 Å². The second-order valence-corrected chi connectivity index (χ2v) is 8.09. The SMILES string of the molecule is CCSC(=Nc1ccc(F)cc1)N(Cc1ccc(OC)cc1)Cc1ccc(OC)cc1. The van der Waals surface area contributed by atoms with Gasteiger partial charge >= 0.3 is 0 Å². The second kappa shape index (κ2) is 11.4. The van der Waals surface area contributed by atoms with Crippen molar-refractivity contribution in [2.45, 2.75) is 20.0 Å². The molecule has 0 atom stereocenters. The Balaban J connectivity index is 1.92. The van der Waals surface area contributed by atoms with E-state index in [0.717, 1.165) is 39.2 Å². The second-order valence-electron chi connectivity index (χ2n) is 6.86. The number of benzene rings is 3. The Morgan fingerprint density at radius 2 is 1.29 bits per heavy atom. The Morgan fingerprint density at radius 1 is 0.806 bits per heavy atom. The Bertz CT molecular complexity index is 924. The molecule has 162 valence electrons. The Kier molecular flexibility index (Phi) is 8.35. The number of halogens is 1. The highest BCUT2D eigenvalue weighted by Crippen LogP contribution is 2.23. The molecule has 0 heterocycles. The van der Waals surface area contributed by atoms with Crippen molar-refractivity contribution in [1.82, 2.24) is 4.90 Å². The molecule has 0 radical (unpaired) electrons. The predicted molar refractivity (Wildman–Crippen MR) is 127 cm³/mol. The summed E-state index contributed by atoms with van der Waals surface area (Å²) in [5.74, 6) is 2.26. The van der Waals surface area contributed by atoms with E-state index in [0.29, 0.717) is 13.1 Å². The molecule has 0 aliphatic carbocycles. The van der Waals surface area contributed by atoms with Gasteiger partial charge in [0.25, 0.3) is 0 Å². The molecule has 0 aliphatic rings. The van der Waals surface area contributed by atoms with E-state index in [9.17, 15) is 4.39 Å². The first-order valence-corrected chi connectivity index (χ1v) is 11.1. The van der Waals surface area contributed by atoms with Crippen molar-refractivity contribution in [2.75, 3.05) is 20.0 Å². The van der Waals surface area contributed by atoms with E-state index < -0.39 is 0 Å². The van der Waals surface area contributed by atoms with Crippen molar-refractivity contribution >= 4 is 22.6 Å². The lowest BCUT2D eigenvalue weighted by Gasteiger charge is -2.26. The third-order valence-corrected chi connectivity index (χ3v) is 5.56. The van der Waals surface area contributed by atoms with Crippen LogP contribution in [0.15, 0.2) is 77.8 Å². The van der Waals surface area contributed by atoms with Gasteiger partial charge in [-0.25, -0.2) is 9.38 Å². The van der Waals surface area contributed by atoms with Gasteiger partial charge in [0.05, 0.1) is 19.9 Å². The summed E-state index contributed by atoms with van der Waals surface area (Å²) < 4.78 is 23.9. The van der Waals surface area contributed by atoms with Crippen molar-refractivity contribution in [3.63, 3.8) is 0 Å². The van der Waals surface area contributed by atoms with Gasteiger partial charge in [0, 0.05) is 13.1 Å². The summed E-state index contributed by atoms with van der Waals surface area (Å²) in [6.45, 7) is 3.47. The number of hydrogen-bond acceptors (Lipinski definition) is 4. The maximum Gasteiger partial charge on any atom is 0.164 e. The first kappa shape index (κ1) is 22.7. The molecule has 3 aromatic carbocycles. The van der Waals surface area contributed by atoms with E-state index in [1.807, 2.05) is 24.3 Å². The predicted octanol–water partition coefficient (Wildman–Crippen LogP) is 6.29. The number of rotatable bonds is 8. The van der Waals surface area contributed by atoms with Gasteiger partial charge in [-0.3, -0.25) is 0 Å². The molecule has 0 aromatic heterocycles. The molecule has 6 heteroatoms. The van der Waals surface area contributed by atoms with Gasteiger partial charge in [-0.15, -0.1) is 0 Å². The third-order valence-electron chi connectivity index (χ3n) is 4.66. The standard InChI is InChI=1S/C25H27FN2O2S/c1-4-31-25(27-22-11-9-21(26)10-12-22)28(17-19-5-13-23(29-2)14-6-19)18-20-7-15-24(30-3)16-8-20/h5-16H,4,17-18H2,1-3H3. The minimum absolute atomic E-state index is 0.267. The van der Waals surface area contributed by atoms with Gasteiger partial charge in [0.1, 0.15) is 17.3 Å². The molecule has 3 aromatic rings. The highest BCUT2D eigenvalue weighted by Gasteiger charge is 2.14. The van der Waals surface area contributed by atoms with E-state index in [2.05, 4.69) is 36.1 Å². The van der Waals surface area contributed by atoms with Crippen LogP contribution >= 0.6 is 11.8 Å². The lowest BCUT2D eigenvalue weighted by atomic mass is 10.1. The van der Waals surface area contributed by atoms with Crippen LogP contribution in [0.1, 0.15) is 18.1 Å². The Hall–Kier alpha value is -2.99. The number of nitrogens with zero attached hydrogens (tertiary/aromatic N) is 2. The van der Waals surface area contributed by atoms with E-state index >= 15 is 0 Å². The molecule has 0 fully saturated rings. The number of methoxy groups -OCH3 is 2. The summed E-state index contributed by atoms with van der Waals surface area (Å²) >= 11 is 1.67. The smallest absolute Gasteiger partial charge is 0.164 e. The van der Waals surface area contributed by atoms with Crippen molar-refractivity contribution in [3.05, 3.63) is 89.7 Å². The fourth-order valence-corrected chi connectivity index (χ4v) is 3.78. The number of amidine groups is 1. The molecule has 0 saturated carbocycles. The van der Waals surface area contributed by atoms with Crippen LogP contribution in [0.4, 0.5) is 10.1 Å². The molecular formula is C25H27FN2O2S. The summed E-state index contributed by atoms with van der Waals surface area (Å²) in [6.07, 6.45) is 0. The maximum absolute atomic E-state index is 13.3. The van der Waals surface area contributed by atoms with Gasteiger partial charge in [-0.1, -0.05) is 43.0 Å². The third kappa shape index (κ3) is 6.76. The molecule has 0 bridgehead atoms. The zero-order valence-electron chi connectivity index (χ0n) is 18.0. The number of ether oxygens (including phenoxy) is 2. The van der Waals surface area contributed by atoms with Crippen LogP contribution in [0, 0.1) is 5.82 Å². The van der Waals surface area contributed by atoms with Crippen LogP contribution in [-0.2, 0) is 13.1 Å². The molecule has 0 N–H and O–H groups in total. The minimum Gasteiger partial charge on any atom is -0.497 e. The van der Waals surface area contributed by atoms with Crippen molar-refractivity contribution in [1.29, 1.82) is 0 Å². The summed E-state index contributed by atoms with van der Waals surface area (Å²) in [5, 5.41) is 0.890. The van der Waals surface area contributed by atoms with Gasteiger partial charge in [0.2, 0.25) is 0 Å². The van der Waals surface area contributed by atoms with Crippen LogP contribution in [0.3, 0.4) is 0 Å². The molecule has 0 unspecified atom stereocenters. The lowest BCUT2D eigenvalue weighted by molar-refractivity contribution is 0.405. The van der Waals surface area contributed by atoms with Crippen LogP contribution in [-0.4, -0.2) is 30.0 Å². The summed E-state index contributed by atoms with van der Waals surface area (Å²) in [6, 6.07) is 22.4. The molecular weight excluding hydrogens is 411 g/mol. The minimum atomic E-state index is -0.267. The molecule has 0 saturated heterocycles. The van der Waals surface area contributed by atoms with Crippen LogP contribution < -0.4 is 9.47 Å². The zero-order valence-corrected chi connectivity index (χ0v) is 18.9. The fraction of sp³-hybridized carbons (Fsp3) is 0.240. The highest BCUT2D eigenvalue weighted by molar-refractivity contribution is 8.13. The molecule has 31 heavy (non-hydrogen) atoms. The topological polar surface area (TPSA) is 34.1 Å². The number of aliphatic imine (C=N–C) groups is 1. The zero-order chi connectivity index (χ0) is 22.1. The van der Waals surface area contributed by atoms with E-state index in [4.69, 9.17) is 14.5 Å². The average Bonchev–Trinajstić information content (AvgIpc) is 2.81. The Morgan fingerprint density at radius 3 is 1.71 bits per heavy atom. The summed E-state index contributed by atoms with van der Waals surface area (Å²) in [4.78, 5) is 7.08. The summed E-state index contributed by atoms with van der Waals surface area (Å²) in [5.41, 5.74) is 3.03. The quantitative estimate of drug-likeness (QED) is 0.306. The van der Waals surface area contributed by atoms with E-state index in [1.54, 1.807) is 38.1 Å². The van der Waals surface area contributed by atoms with Crippen molar-refractivity contribution in [3.8, 4) is 11.5 Å². The van der Waals surface area contributed by atoms with Crippen LogP contribution in [0.25, 0.3) is 0 Å². The molecule has 0 spiro atoms. The first-order chi connectivity index (χ1) is 15.1. The summed E-state index contributed by atoms with van der Waals surface area (Å²) in [7, 11) is 3.33. The largest absolute Gasteiger partial charge is 0.497 e. The van der Waals surface area contributed by atoms with Gasteiger partial charge < -0.3 is 14.4 Å². The van der Waals surface area contributed by atoms with Gasteiger partial charge in [0.15, 0.2) is 5.17 Å². The lowest BCUT2D eigenvalue weighted by Crippen LogP contribution is -2.28.